The van der Waals surface area contributed by atoms with Crippen LogP contribution in [0.3, 0.4) is 0 Å². The second-order valence-electron chi connectivity index (χ2n) is 21.6. The zero-order valence-corrected chi connectivity index (χ0v) is 45.1. The molecule has 4 nitrogen and oxygen atoms in total. The van der Waals surface area contributed by atoms with E-state index < -0.39 is 0 Å². The number of nitrogens with zero attached hydrogens (tertiary/aromatic N) is 4. The van der Waals surface area contributed by atoms with Gasteiger partial charge in [0.05, 0.1) is 28.8 Å². The van der Waals surface area contributed by atoms with E-state index in [1.165, 1.54) is 95.1 Å². The average Bonchev–Trinajstić information content (AvgIpc) is 3.49. The molecule has 0 saturated heterocycles. The van der Waals surface area contributed by atoms with Crippen LogP contribution >= 0.6 is 0 Å². The van der Waals surface area contributed by atoms with E-state index in [0.29, 0.717) is 0 Å². The standard InChI is InChI=1S/C72H66N4/c1-47-9-25-55(26-10-47)73(56-27-11-48(2)12-28-56)67-45-68(74(57-29-13-49(3)14-30-57)58-31-15-50(4)16-32-58)64-43-44-66-70(76(61-37-21-53(7)22-38-61)62-39-23-54(8)24-40-62)46-69(65-42-41-63(67)71(64)72(65)66)75(59-33-17-51(5)18-34-59)60-35-19-52(6)20-36-60/h9-39,41,43-46,62,71H,40,42H2,1-8H3. The molecule has 8 aromatic carbocycles. The Bertz CT molecular complexity index is 3540. The predicted octanol–water partition coefficient (Wildman–Crippen LogP) is 19.1. The van der Waals surface area contributed by atoms with Gasteiger partial charge in [-0.1, -0.05) is 166 Å². The van der Waals surface area contributed by atoms with Crippen molar-refractivity contribution in [2.24, 2.45) is 0 Å². The highest BCUT2D eigenvalue weighted by atomic mass is 15.2. The van der Waals surface area contributed by atoms with Crippen LogP contribution in [0.2, 0.25) is 0 Å². The molecule has 0 spiro atoms. The minimum atomic E-state index is -0.129. The van der Waals surface area contributed by atoms with Crippen LogP contribution in [0.25, 0.3) is 6.08 Å². The van der Waals surface area contributed by atoms with Gasteiger partial charge in [-0.2, -0.15) is 0 Å². The van der Waals surface area contributed by atoms with E-state index in [0.717, 1.165) is 52.7 Å². The summed E-state index contributed by atoms with van der Waals surface area (Å²) in [4.78, 5) is 10.2. The molecule has 4 heteroatoms. The lowest BCUT2D eigenvalue weighted by Gasteiger charge is -2.45. The average molecular weight is 987 g/mol. The van der Waals surface area contributed by atoms with Crippen LogP contribution in [0.5, 0.6) is 0 Å². The van der Waals surface area contributed by atoms with E-state index in [2.05, 4.69) is 293 Å². The number of hydrogen-bond donors (Lipinski definition) is 0. The number of anilines is 9. The number of rotatable bonds is 12. The number of allylic oxidation sites excluding steroid dienone is 7. The minimum Gasteiger partial charge on any atom is -0.334 e. The summed E-state index contributed by atoms with van der Waals surface area (Å²) in [7, 11) is 0. The molecule has 0 saturated carbocycles. The molecule has 12 rings (SSSR count). The SMILES string of the molecule is CC1=CCC(N(c2ccc(C)cc2)c2cc(N(c3ccc(C)cc3)c3ccc(C)cc3)c3c4c2C=CC2=C(N(c5ccc(C)cc5)c5ccc(C)cc5)C=C(N(c5ccc(C)cc5)c5ccc(C)cc5)C(=CC3)C24)C=C1. The van der Waals surface area contributed by atoms with Crippen LogP contribution in [-0.2, 0) is 6.42 Å². The van der Waals surface area contributed by atoms with Crippen molar-refractivity contribution in [2.75, 3.05) is 19.6 Å². The fraction of sp³-hybridized carbons (Fsp3) is 0.167. The quantitative estimate of drug-likeness (QED) is 0.121. The van der Waals surface area contributed by atoms with Crippen LogP contribution in [-0.4, -0.2) is 6.04 Å². The third kappa shape index (κ3) is 9.02. The molecule has 0 aliphatic heterocycles. The third-order valence-corrected chi connectivity index (χ3v) is 15.8. The van der Waals surface area contributed by atoms with Crippen molar-refractivity contribution in [2.45, 2.75) is 80.2 Å². The van der Waals surface area contributed by atoms with Gasteiger partial charge in [-0.25, -0.2) is 0 Å². The van der Waals surface area contributed by atoms with Gasteiger partial charge in [0.25, 0.3) is 0 Å². The zero-order valence-electron chi connectivity index (χ0n) is 45.1. The van der Waals surface area contributed by atoms with E-state index in [9.17, 15) is 0 Å². The predicted molar refractivity (Wildman–Crippen MR) is 323 cm³/mol. The van der Waals surface area contributed by atoms with Crippen LogP contribution in [0.1, 0.15) is 74.9 Å². The van der Waals surface area contributed by atoms with Crippen molar-refractivity contribution in [1.29, 1.82) is 0 Å². The number of hydrogen-bond acceptors (Lipinski definition) is 4. The number of benzene rings is 8. The lowest BCUT2D eigenvalue weighted by Crippen LogP contribution is -2.34. The van der Waals surface area contributed by atoms with Crippen LogP contribution < -0.4 is 19.6 Å². The first kappa shape index (κ1) is 48.3. The van der Waals surface area contributed by atoms with Gasteiger partial charge < -0.3 is 19.6 Å². The second-order valence-corrected chi connectivity index (χ2v) is 21.6. The Morgan fingerprint density at radius 2 is 0.803 bits per heavy atom. The van der Waals surface area contributed by atoms with Gasteiger partial charge in [0, 0.05) is 51.3 Å². The first-order valence-corrected chi connectivity index (χ1v) is 27.0. The van der Waals surface area contributed by atoms with Crippen molar-refractivity contribution in [1.82, 2.24) is 0 Å². The lowest BCUT2D eigenvalue weighted by molar-refractivity contribution is 0.773. The topological polar surface area (TPSA) is 13.0 Å². The Labute approximate surface area is 450 Å². The first-order valence-electron chi connectivity index (χ1n) is 27.0. The highest BCUT2D eigenvalue weighted by molar-refractivity contribution is 5.93. The van der Waals surface area contributed by atoms with E-state index in [-0.39, 0.29) is 12.0 Å². The van der Waals surface area contributed by atoms with Crippen molar-refractivity contribution < 1.29 is 0 Å². The Morgan fingerprint density at radius 1 is 0.395 bits per heavy atom. The molecular weight excluding hydrogens is 921 g/mol. The summed E-state index contributed by atoms with van der Waals surface area (Å²) >= 11 is 0. The summed E-state index contributed by atoms with van der Waals surface area (Å²) in [5, 5.41) is 0. The molecule has 0 N–H and O–H groups in total. The first-order chi connectivity index (χ1) is 36.9. The van der Waals surface area contributed by atoms with Gasteiger partial charge in [0.2, 0.25) is 0 Å². The normalized spacial score (nSPS) is 16.1. The maximum absolute atomic E-state index is 2.63. The highest BCUT2D eigenvalue weighted by Gasteiger charge is 2.43. The molecule has 0 bridgehead atoms. The molecule has 8 aromatic rings. The summed E-state index contributed by atoms with van der Waals surface area (Å²) in [6, 6.07) is 66.3. The Kier molecular flexibility index (Phi) is 12.7. The lowest BCUT2D eigenvalue weighted by atomic mass is 9.68. The van der Waals surface area contributed by atoms with Gasteiger partial charge in [-0.15, -0.1) is 0 Å². The van der Waals surface area contributed by atoms with E-state index in [1.54, 1.807) is 0 Å². The molecule has 76 heavy (non-hydrogen) atoms. The molecule has 2 unspecified atom stereocenters. The van der Waals surface area contributed by atoms with Gasteiger partial charge in [0.15, 0.2) is 0 Å². The molecule has 0 radical (unpaired) electrons. The van der Waals surface area contributed by atoms with E-state index in [4.69, 9.17) is 0 Å². The molecule has 0 fully saturated rings. The van der Waals surface area contributed by atoms with Crippen molar-refractivity contribution in [3.63, 3.8) is 0 Å². The maximum atomic E-state index is 2.63. The van der Waals surface area contributed by atoms with Crippen molar-refractivity contribution in [3.8, 4) is 0 Å². The Morgan fingerprint density at radius 3 is 1.22 bits per heavy atom. The minimum absolute atomic E-state index is 0.0826. The third-order valence-electron chi connectivity index (χ3n) is 15.8. The largest absolute Gasteiger partial charge is 0.334 e. The fourth-order valence-corrected chi connectivity index (χ4v) is 11.7. The van der Waals surface area contributed by atoms with Gasteiger partial charge >= 0.3 is 0 Å². The molecule has 374 valence electrons. The highest BCUT2D eigenvalue weighted by Crippen LogP contribution is 2.58. The molecular formula is C72H66N4. The maximum Gasteiger partial charge on any atom is 0.0560 e. The molecule has 0 heterocycles. The zero-order chi connectivity index (χ0) is 52.2. The monoisotopic (exact) mass is 987 g/mol. The molecule has 4 aliphatic rings. The van der Waals surface area contributed by atoms with Gasteiger partial charge in [0.1, 0.15) is 0 Å². The summed E-state index contributed by atoms with van der Waals surface area (Å²) in [5.74, 6) is -0.129. The number of aryl methyl sites for hydroxylation is 7. The fourth-order valence-electron chi connectivity index (χ4n) is 11.7. The second kappa shape index (κ2) is 19.9. The van der Waals surface area contributed by atoms with Gasteiger partial charge in [-0.3, -0.25) is 0 Å². The van der Waals surface area contributed by atoms with Crippen molar-refractivity contribution >= 4 is 57.3 Å². The van der Waals surface area contributed by atoms with Crippen molar-refractivity contribution in [3.05, 3.63) is 296 Å². The molecule has 4 aliphatic carbocycles. The van der Waals surface area contributed by atoms with E-state index in [1.807, 2.05) is 0 Å². The van der Waals surface area contributed by atoms with E-state index >= 15 is 0 Å². The summed E-state index contributed by atoms with van der Waals surface area (Å²) < 4.78 is 0. The van der Waals surface area contributed by atoms with Crippen LogP contribution in [0, 0.1) is 48.5 Å². The smallest absolute Gasteiger partial charge is 0.0560 e. The molecule has 0 aromatic heterocycles. The van der Waals surface area contributed by atoms with Crippen LogP contribution in [0.4, 0.5) is 51.2 Å². The molecule has 2 atom stereocenters. The van der Waals surface area contributed by atoms with Crippen LogP contribution in [0.15, 0.2) is 240 Å². The Balaban J connectivity index is 1.20. The summed E-state index contributed by atoms with van der Waals surface area (Å²) in [5.41, 5.74) is 29.1. The Hall–Kier alpha value is -8.60. The summed E-state index contributed by atoms with van der Waals surface area (Å²) in [6.07, 6.45) is 18.8. The summed E-state index contributed by atoms with van der Waals surface area (Å²) in [6.45, 7) is 17.5. The molecule has 0 amide bonds. The van der Waals surface area contributed by atoms with Gasteiger partial charge in [-0.05, 0) is 188 Å².